The molecule has 0 amide bonds. The van der Waals surface area contributed by atoms with Crippen LogP contribution in [-0.4, -0.2) is 5.24 Å². The zero-order valence-electron chi connectivity index (χ0n) is 6.77. The second-order valence-corrected chi connectivity index (χ2v) is 3.99. The Morgan fingerprint density at radius 2 is 2.23 bits per heavy atom. The summed E-state index contributed by atoms with van der Waals surface area (Å²) >= 11 is 7.39. The molecule has 2 nitrogen and oxygen atoms in total. The molecule has 13 heavy (non-hydrogen) atoms. The topological polar surface area (TPSA) is 40.9 Å². The van der Waals surface area contributed by atoms with Gasteiger partial charge in [0.2, 0.25) is 0 Å². The van der Waals surface area contributed by atoms with Gasteiger partial charge >= 0.3 is 0 Å². The molecule has 0 aliphatic heterocycles. The smallest absolute Gasteiger partial charge is 0.252 e. The van der Waals surface area contributed by atoms with Gasteiger partial charge in [-0.1, -0.05) is 0 Å². The molecule has 1 aromatic carbocycles. The summed E-state index contributed by atoms with van der Waals surface area (Å²) in [6, 6.07) is 5.38. The van der Waals surface area contributed by atoms with Gasteiger partial charge in [0.15, 0.2) is 0 Å². The Hall–Kier alpha value is -0.600. The van der Waals surface area contributed by atoms with Gasteiger partial charge in [-0.15, -0.1) is 0 Å². The van der Waals surface area contributed by atoms with Crippen molar-refractivity contribution in [3.8, 4) is 6.07 Å². The highest BCUT2D eigenvalue weighted by atomic mass is 127. The SMILES string of the molecule is Cc1c(C(=O)Cl)ccc(I)c1C#N. The number of benzene rings is 1. The molecule has 0 saturated carbocycles. The molecule has 0 unspecified atom stereocenters. The van der Waals surface area contributed by atoms with Crippen LogP contribution in [0.3, 0.4) is 0 Å². The standard InChI is InChI=1S/C9H5ClINO/c1-5-6(9(10)13)2-3-8(11)7(5)4-12/h2-3H,1H3. The first-order valence-corrected chi connectivity index (χ1v) is 4.92. The fourth-order valence-electron chi connectivity index (χ4n) is 1.03. The first-order valence-electron chi connectivity index (χ1n) is 3.47. The van der Waals surface area contributed by atoms with Gasteiger partial charge in [-0.3, -0.25) is 4.79 Å². The van der Waals surface area contributed by atoms with E-state index in [1.165, 1.54) is 0 Å². The first-order chi connectivity index (χ1) is 6.07. The Labute approximate surface area is 94.6 Å². The van der Waals surface area contributed by atoms with Crippen LogP contribution in [-0.2, 0) is 0 Å². The predicted octanol–water partition coefficient (Wildman–Crippen LogP) is 2.85. The lowest BCUT2D eigenvalue weighted by Crippen LogP contribution is -1.98. The van der Waals surface area contributed by atoms with E-state index in [9.17, 15) is 4.79 Å². The lowest BCUT2D eigenvalue weighted by molar-refractivity contribution is 0.108. The molecular formula is C9H5ClINO. The highest BCUT2D eigenvalue weighted by Gasteiger charge is 2.11. The Kier molecular flexibility index (Phi) is 3.28. The van der Waals surface area contributed by atoms with Crippen molar-refractivity contribution >= 4 is 39.4 Å². The fraction of sp³-hybridized carbons (Fsp3) is 0.111. The number of nitrogens with zero attached hydrogens (tertiary/aromatic N) is 1. The number of carbonyl (C=O) groups is 1. The minimum Gasteiger partial charge on any atom is -0.276 e. The lowest BCUT2D eigenvalue weighted by atomic mass is 10.0. The van der Waals surface area contributed by atoms with Crippen LogP contribution < -0.4 is 0 Å². The van der Waals surface area contributed by atoms with Gasteiger partial charge in [0.05, 0.1) is 5.56 Å². The molecule has 0 bridgehead atoms. The van der Waals surface area contributed by atoms with Gasteiger partial charge in [-0.05, 0) is 58.8 Å². The third-order valence-corrected chi connectivity index (χ3v) is 2.84. The normalized spacial score (nSPS) is 9.38. The lowest BCUT2D eigenvalue weighted by Gasteiger charge is -2.03. The largest absolute Gasteiger partial charge is 0.276 e. The van der Waals surface area contributed by atoms with Crippen molar-refractivity contribution in [3.05, 3.63) is 32.4 Å². The summed E-state index contributed by atoms with van der Waals surface area (Å²) in [4.78, 5) is 10.9. The Morgan fingerprint density at radius 1 is 1.62 bits per heavy atom. The van der Waals surface area contributed by atoms with Crippen LogP contribution in [0.1, 0.15) is 21.5 Å². The third kappa shape index (κ3) is 2.01. The maximum Gasteiger partial charge on any atom is 0.252 e. The van der Waals surface area contributed by atoms with Crippen LogP contribution in [0.25, 0.3) is 0 Å². The van der Waals surface area contributed by atoms with E-state index in [0.29, 0.717) is 16.7 Å². The van der Waals surface area contributed by atoms with Crippen LogP contribution in [0.5, 0.6) is 0 Å². The van der Waals surface area contributed by atoms with Crippen LogP contribution in [0.4, 0.5) is 0 Å². The molecule has 0 fully saturated rings. The van der Waals surface area contributed by atoms with E-state index < -0.39 is 5.24 Å². The highest BCUT2D eigenvalue weighted by Crippen LogP contribution is 2.20. The van der Waals surface area contributed by atoms with Crippen molar-refractivity contribution in [2.45, 2.75) is 6.92 Å². The molecule has 0 atom stereocenters. The van der Waals surface area contributed by atoms with E-state index in [-0.39, 0.29) is 0 Å². The Morgan fingerprint density at radius 3 is 2.69 bits per heavy atom. The van der Waals surface area contributed by atoms with Crippen molar-refractivity contribution in [2.24, 2.45) is 0 Å². The highest BCUT2D eigenvalue weighted by molar-refractivity contribution is 14.1. The molecule has 66 valence electrons. The summed E-state index contributed by atoms with van der Waals surface area (Å²) in [6.07, 6.45) is 0. The van der Waals surface area contributed by atoms with Crippen molar-refractivity contribution in [1.29, 1.82) is 5.26 Å². The zero-order chi connectivity index (χ0) is 10.0. The van der Waals surface area contributed by atoms with E-state index in [1.54, 1.807) is 19.1 Å². The maximum atomic E-state index is 10.9. The quantitative estimate of drug-likeness (QED) is 0.591. The summed E-state index contributed by atoms with van der Waals surface area (Å²) in [5, 5.41) is 8.27. The minimum atomic E-state index is -0.523. The summed E-state index contributed by atoms with van der Waals surface area (Å²) in [5.41, 5.74) is 1.57. The van der Waals surface area contributed by atoms with Gasteiger partial charge in [0.25, 0.3) is 5.24 Å². The number of hydrogen-bond acceptors (Lipinski definition) is 2. The van der Waals surface area contributed by atoms with E-state index in [0.717, 1.165) is 3.57 Å². The molecular weight excluding hydrogens is 300 g/mol. The molecule has 0 heterocycles. The van der Waals surface area contributed by atoms with Gasteiger partial charge in [-0.25, -0.2) is 0 Å². The third-order valence-electron chi connectivity index (χ3n) is 1.74. The van der Waals surface area contributed by atoms with Gasteiger partial charge < -0.3 is 0 Å². The second kappa shape index (κ2) is 4.07. The van der Waals surface area contributed by atoms with E-state index in [1.807, 2.05) is 28.7 Å². The molecule has 0 aliphatic rings. The van der Waals surface area contributed by atoms with Crippen molar-refractivity contribution in [2.75, 3.05) is 0 Å². The van der Waals surface area contributed by atoms with Crippen LogP contribution in [0, 0.1) is 21.8 Å². The van der Waals surface area contributed by atoms with E-state index in [2.05, 4.69) is 0 Å². The molecule has 1 rings (SSSR count). The van der Waals surface area contributed by atoms with Crippen molar-refractivity contribution < 1.29 is 4.79 Å². The minimum absolute atomic E-state index is 0.402. The molecule has 0 aliphatic carbocycles. The first kappa shape index (κ1) is 10.5. The summed E-state index contributed by atoms with van der Waals surface area (Å²) in [6.45, 7) is 1.72. The summed E-state index contributed by atoms with van der Waals surface area (Å²) < 4.78 is 0.833. The van der Waals surface area contributed by atoms with Crippen LogP contribution in [0.2, 0.25) is 0 Å². The van der Waals surface area contributed by atoms with Gasteiger partial charge in [0.1, 0.15) is 6.07 Å². The second-order valence-electron chi connectivity index (χ2n) is 2.48. The molecule has 0 saturated heterocycles. The van der Waals surface area contributed by atoms with E-state index in [4.69, 9.17) is 16.9 Å². The Bertz CT molecular complexity index is 409. The molecule has 0 aromatic heterocycles. The average molecular weight is 306 g/mol. The van der Waals surface area contributed by atoms with Crippen LogP contribution >= 0.6 is 34.2 Å². The number of hydrogen-bond donors (Lipinski definition) is 0. The van der Waals surface area contributed by atoms with Crippen molar-refractivity contribution in [3.63, 3.8) is 0 Å². The average Bonchev–Trinajstić information content (AvgIpc) is 2.04. The zero-order valence-corrected chi connectivity index (χ0v) is 9.68. The number of carbonyl (C=O) groups excluding carboxylic acids is 1. The molecule has 0 spiro atoms. The number of halogens is 2. The molecule has 1 aromatic rings. The summed E-state index contributed by atoms with van der Waals surface area (Å²) in [7, 11) is 0. The van der Waals surface area contributed by atoms with E-state index >= 15 is 0 Å². The van der Waals surface area contributed by atoms with Gasteiger partial charge in [0, 0.05) is 9.13 Å². The molecule has 4 heteroatoms. The van der Waals surface area contributed by atoms with Crippen molar-refractivity contribution in [1.82, 2.24) is 0 Å². The monoisotopic (exact) mass is 305 g/mol. The molecule has 0 radical (unpaired) electrons. The predicted molar refractivity (Wildman–Crippen MR) is 58.8 cm³/mol. The number of rotatable bonds is 1. The fourth-order valence-corrected chi connectivity index (χ4v) is 1.94. The summed E-state index contributed by atoms with van der Waals surface area (Å²) in [5.74, 6) is 0. The molecule has 0 N–H and O–H groups in total. The van der Waals surface area contributed by atoms with Gasteiger partial charge in [-0.2, -0.15) is 5.26 Å². The van der Waals surface area contributed by atoms with Crippen LogP contribution in [0.15, 0.2) is 12.1 Å². The number of nitriles is 1. The maximum absolute atomic E-state index is 10.9. The Balaban J connectivity index is 3.47.